The maximum absolute atomic E-state index is 5.48. The van der Waals surface area contributed by atoms with Gasteiger partial charge in [-0.05, 0) is 40.3 Å². The summed E-state index contributed by atoms with van der Waals surface area (Å²) in [5.41, 5.74) is 1.20. The third-order valence-corrected chi connectivity index (χ3v) is 3.77. The van der Waals surface area contributed by atoms with Gasteiger partial charge < -0.3 is 15.0 Å². The minimum atomic E-state index is 0.364. The van der Waals surface area contributed by atoms with Crippen molar-refractivity contribution >= 4 is 0 Å². The van der Waals surface area contributed by atoms with E-state index in [1.54, 1.807) is 7.11 Å². The molecule has 5 heteroatoms. The van der Waals surface area contributed by atoms with Crippen LogP contribution in [-0.4, -0.2) is 48.5 Å². The Morgan fingerprint density at radius 3 is 2.89 bits per heavy atom. The van der Waals surface area contributed by atoms with Crippen LogP contribution in [0.25, 0.3) is 0 Å². The van der Waals surface area contributed by atoms with E-state index in [2.05, 4.69) is 41.0 Å². The van der Waals surface area contributed by atoms with E-state index < -0.39 is 0 Å². The molecule has 2 unspecified atom stereocenters. The fraction of sp³-hybridized carbons (Fsp3) is 0.786. The molecule has 1 fully saturated rings. The Balaban J connectivity index is 2.17. The molecule has 0 aliphatic carbocycles. The molecule has 1 aromatic rings. The average molecular weight is 266 g/mol. The van der Waals surface area contributed by atoms with Gasteiger partial charge in [0.2, 0.25) is 0 Å². The van der Waals surface area contributed by atoms with Crippen molar-refractivity contribution in [2.24, 2.45) is 0 Å². The Morgan fingerprint density at radius 1 is 1.47 bits per heavy atom. The first-order chi connectivity index (χ1) is 9.11. The van der Waals surface area contributed by atoms with E-state index in [-0.39, 0.29) is 0 Å². The second-order valence-electron chi connectivity index (χ2n) is 5.68. The molecule has 0 saturated carbocycles. The van der Waals surface area contributed by atoms with Crippen LogP contribution in [0.5, 0.6) is 5.75 Å². The van der Waals surface area contributed by atoms with Gasteiger partial charge in [0.25, 0.3) is 0 Å². The number of piperidine rings is 1. The number of likely N-dealkylation sites (N-methyl/N-ethyl adjacent to an activating group) is 1. The van der Waals surface area contributed by atoms with E-state index in [4.69, 9.17) is 4.74 Å². The maximum Gasteiger partial charge on any atom is 0.161 e. The molecule has 2 rings (SSSR count). The van der Waals surface area contributed by atoms with E-state index in [0.29, 0.717) is 12.1 Å². The van der Waals surface area contributed by atoms with Gasteiger partial charge in [0.15, 0.2) is 5.75 Å². The van der Waals surface area contributed by atoms with Crippen LogP contribution >= 0.6 is 0 Å². The highest BCUT2D eigenvalue weighted by Crippen LogP contribution is 2.31. The van der Waals surface area contributed by atoms with E-state index in [1.807, 2.05) is 6.20 Å². The quantitative estimate of drug-likeness (QED) is 0.880. The van der Waals surface area contributed by atoms with Crippen molar-refractivity contribution in [3.63, 3.8) is 0 Å². The van der Waals surface area contributed by atoms with Gasteiger partial charge in [0, 0.05) is 12.6 Å². The van der Waals surface area contributed by atoms with Crippen LogP contribution in [0.15, 0.2) is 6.20 Å². The van der Waals surface area contributed by atoms with Gasteiger partial charge in [-0.2, -0.15) is 5.10 Å². The number of hydrogen-bond acceptors (Lipinski definition) is 4. The smallest absolute Gasteiger partial charge is 0.161 e. The maximum atomic E-state index is 5.48. The van der Waals surface area contributed by atoms with Crippen LogP contribution in [0.2, 0.25) is 0 Å². The molecule has 1 aliphatic heterocycles. The number of nitrogens with zero attached hydrogens (tertiary/aromatic N) is 3. The summed E-state index contributed by atoms with van der Waals surface area (Å²) >= 11 is 0. The van der Waals surface area contributed by atoms with Gasteiger partial charge in [-0.15, -0.1) is 0 Å². The Hall–Kier alpha value is -1.07. The molecule has 19 heavy (non-hydrogen) atoms. The predicted molar refractivity (Wildman–Crippen MR) is 76.5 cm³/mol. The van der Waals surface area contributed by atoms with Gasteiger partial charge >= 0.3 is 0 Å². The minimum Gasteiger partial charge on any atom is -0.493 e. The zero-order chi connectivity index (χ0) is 13.8. The molecule has 1 aromatic heterocycles. The van der Waals surface area contributed by atoms with E-state index in [0.717, 1.165) is 25.3 Å². The Morgan fingerprint density at radius 2 is 2.26 bits per heavy atom. The monoisotopic (exact) mass is 266 g/mol. The highest BCUT2D eigenvalue weighted by atomic mass is 16.5. The van der Waals surface area contributed by atoms with Crippen LogP contribution < -0.4 is 10.1 Å². The SMILES string of the molecule is COc1cnn(CCN(C)C)c1C1CCCC(C)N1. The van der Waals surface area contributed by atoms with Crippen molar-refractivity contribution in [3.05, 3.63) is 11.9 Å². The Labute approximate surface area is 115 Å². The van der Waals surface area contributed by atoms with Crippen molar-refractivity contribution in [2.45, 2.75) is 44.8 Å². The summed E-state index contributed by atoms with van der Waals surface area (Å²) in [6.07, 6.45) is 5.52. The minimum absolute atomic E-state index is 0.364. The number of hydrogen-bond donors (Lipinski definition) is 1. The molecule has 0 spiro atoms. The van der Waals surface area contributed by atoms with Crippen molar-refractivity contribution in [1.82, 2.24) is 20.0 Å². The van der Waals surface area contributed by atoms with Gasteiger partial charge in [0.05, 0.1) is 31.6 Å². The summed E-state index contributed by atoms with van der Waals surface area (Å²) < 4.78 is 7.58. The topological polar surface area (TPSA) is 42.3 Å². The lowest BCUT2D eigenvalue weighted by Gasteiger charge is -2.29. The zero-order valence-corrected chi connectivity index (χ0v) is 12.5. The summed E-state index contributed by atoms with van der Waals surface area (Å²) in [4.78, 5) is 2.18. The summed E-state index contributed by atoms with van der Waals surface area (Å²) in [7, 11) is 5.89. The normalized spacial score (nSPS) is 23.8. The first kappa shape index (κ1) is 14.3. The van der Waals surface area contributed by atoms with Crippen molar-refractivity contribution in [2.75, 3.05) is 27.7 Å². The summed E-state index contributed by atoms with van der Waals surface area (Å²) in [6.45, 7) is 4.14. The fourth-order valence-electron chi connectivity index (χ4n) is 2.71. The molecule has 108 valence electrons. The Kier molecular flexibility index (Phi) is 4.82. The Bertz CT molecular complexity index is 402. The highest BCUT2D eigenvalue weighted by molar-refractivity contribution is 5.28. The third kappa shape index (κ3) is 3.48. The molecule has 0 radical (unpaired) electrons. The van der Waals surface area contributed by atoms with Gasteiger partial charge in [-0.1, -0.05) is 0 Å². The van der Waals surface area contributed by atoms with Crippen molar-refractivity contribution in [1.29, 1.82) is 0 Å². The van der Waals surface area contributed by atoms with E-state index in [1.165, 1.54) is 18.5 Å². The second-order valence-corrected chi connectivity index (χ2v) is 5.68. The molecular formula is C14H26N4O. The van der Waals surface area contributed by atoms with Crippen molar-refractivity contribution in [3.8, 4) is 5.75 Å². The molecule has 1 N–H and O–H groups in total. The van der Waals surface area contributed by atoms with E-state index in [9.17, 15) is 0 Å². The molecule has 2 heterocycles. The predicted octanol–water partition coefficient (Wildman–Crippen LogP) is 1.66. The lowest BCUT2D eigenvalue weighted by molar-refractivity contribution is 0.304. The van der Waals surface area contributed by atoms with Gasteiger partial charge in [-0.3, -0.25) is 4.68 Å². The first-order valence-corrected chi connectivity index (χ1v) is 7.12. The fourth-order valence-corrected chi connectivity index (χ4v) is 2.71. The summed E-state index contributed by atoms with van der Waals surface area (Å²) in [5, 5.41) is 8.15. The van der Waals surface area contributed by atoms with Crippen LogP contribution in [0.4, 0.5) is 0 Å². The third-order valence-electron chi connectivity index (χ3n) is 3.77. The standard InChI is InChI=1S/C14H26N4O/c1-11-6-5-7-12(16-11)14-13(19-4)10-15-18(14)9-8-17(2)3/h10-12,16H,5-9H2,1-4H3. The molecule has 1 aliphatic rings. The molecule has 2 atom stereocenters. The molecule has 0 amide bonds. The largest absolute Gasteiger partial charge is 0.493 e. The molecule has 1 saturated heterocycles. The number of methoxy groups -OCH3 is 1. The summed E-state index contributed by atoms with van der Waals surface area (Å²) in [6, 6.07) is 0.934. The molecule has 0 aromatic carbocycles. The number of rotatable bonds is 5. The lowest BCUT2D eigenvalue weighted by Crippen LogP contribution is -2.36. The van der Waals surface area contributed by atoms with Crippen LogP contribution in [-0.2, 0) is 6.54 Å². The number of aromatic nitrogens is 2. The average Bonchev–Trinajstić information content (AvgIpc) is 2.79. The van der Waals surface area contributed by atoms with Crippen LogP contribution in [0.3, 0.4) is 0 Å². The summed E-state index contributed by atoms with van der Waals surface area (Å²) in [5.74, 6) is 0.908. The van der Waals surface area contributed by atoms with Gasteiger partial charge in [-0.25, -0.2) is 0 Å². The highest BCUT2D eigenvalue weighted by Gasteiger charge is 2.26. The zero-order valence-electron chi connectivity index (χ0n) is 12.5. The number of nitrogens with one attached hydrogen (secondary N) is 1. The number of ether oxygens (including phenoxy) is 1. The molecule has 0 bridgehead atoms. The van der Waals surface area contributed by atoms with Crippen LogP contribution in [0.1, 0.15) is 37.9 Å². The lowest BCUT2D eigenvalue weighted by atomic mass is 9.97. The molecule has 5 nitrogen and oxygen atoms in total. The van der Waals surface area contributed by atoms with Gasteiger partial charge in [0.1, 0.15) is 0 Å². The second kappa shape index (κ2) is 6.39. The van der Waals surface area contributed by atoms with Crippen molar-refractivity contribution < 1.29 is 4.74 Å². The molecular weight excluding hydrogens is 240 g/mol. The van der Waals surface area contributed by atoms with E-state index >= 15 is 0 Å². The first-order valence-electron chi connectivity index (χ1n) is 7.12. The van der Waals surface area contributed by atoms with Crippen LogP contribution in [0, 0.1) is 0 Å².